The van der Waals surface area contributed by atoms with E-state index in [9.17, 15) is 19.2 Å². The number of hydrogen-bond donors (Lipinski definition) is 1. The summed E-state index contributed by atoms with van der Waals surface area (Å²) in [6, 6.07) is 6.53. The summed E-state index contributed by atoms with van der Waals surface area (Å²) >= 11 is 0. The van der Waals surface area contributed by atoms with E-state index in [1.807, 2.05) is 0 Å². The standard InChI is InChI=1S/C17H17N5O4/c1-10(23)11-6-4-5-7-12(11)19-13(24)8-22-16(25)14-15(18-9-20(14)2)21(3)17(22)26/h4-7,9H,8H2,1-3H3,(H,19,24). The van der Waals surface area contributed by atoms with Crippen molar-refractivity contribution in [3.8, 4) is 0 Å². The number of aromatic nitrogens is 4. The summed E-state index contributed by atoms with van der Waals surface area (Å²) in [4.78, 5) is 53.1. The Labute approximate surface area is 147 Å². The Morgan fingerprint density at radius 2 is 1.85 bits per heavy atom. The second-order valence-corrected chi connectivity index (χ2v) is 5.91. The maximum absolute atomic E-state index is 12.6. The number of hydrogen-bond acceptors (Lipinski definition) is 5. The number of fused-ring (bicyclic) bond motifs is 1. The van der Waals surface area contributed by atoms with Gasteiger partial charge in [-0.15, -0.1) is 0 Å². The molecule has 3 aromatic rings. The molecule has 0 saturated carbocycles. The summed E-state index contributed by atoms with van der Waals surface area (Å²) in [5.41, 5.74) is -0.0842. The van der Waals surface area contributed by atoms with Gasteiger partial charge in [-0.3, -0.25) is 19.0 Å². The van der Waals surface area contributed by atoms with Crippen LogP contribution in [0.4, 0.5) is 5.69 Å². The van der Waals surface area contributed by atoms with Gasteiger partial charge in [0.05, 0.1) is 12.0 Å². The number of anilines is 1. The fourth-order valence-electron chi connectivity index (χ4n) is 2.77. The molecule has 1 amide bonds. The van der Waals surface area contributed by atoms with Crippen LogP contribution in [0.3, 0.4) is 0 Å². The quantitative estimate of drug-likeness (QED) is 0.676. The van der Waals surface area contributed by atoms with Crippen LogP contribution in [0.5, 0.6) is 0 Å². The first-order valence-corrected chi connectivity index (χ1v) is 7.82. The summed E-state index contributed by atoms with van der Waals surface area (Å²) in [5, 5.41) is 2.58. The number of nitrogens with one attached hydrogen (secondary N) is 1. The Morgan fingerprint density at radius 3 is 2.54 bits per heavy atom. The van der Waals surface area contributed by atoms with Crippen LogP contribution in [-0.2, 0) is 25.4 Å². The van der Waals surface area contributed by atoms with Crippen molar-refractivity contribution in [1.29, 1.82) is 0 Å². The van der Waals surface area contributed by atoms with Gasteiger partial charge in [-0.2, -0.15) is 0 Å². The van der Waals surface area contributed by atoms with E-state index in [4.69, 9.17) is 0 Å². The molecule has 0 saturated heterocycles. The van der Waals surface area contributed by atoms with Crippen LogP contribution in [-0.4, -0.2) is 30.4 Å². The van der Waals surface area contributed by atoms with E-state index >= 15 is 0 Å². The van der Waals surface area contributed by atoms with Gasteiger partial charge >= 0.3 is 5.69 Å². The van der Waals surface area contributed by atoms with Gasteiger partial charge in [0.25, 0.3) is 5.56 Å². The smallest absolute Gasteiger partial charge is 0.328 e. The third-order valence-electron chi connectivity index (χ3n) is 4.08. The van der Waals surface area contributed by atoms with Gasteiger partial charge in [-0.25, -0.2) is 14.3 Å². The van der Waals surface area contributed by atoms with E-state index in [0.29, 0.717) is 11.3 Å². The molecule has 0 atom stereocenters. The van der Waals surface area contributed by atoms with E-state index in [1.165, 1.54) is 29.4 Å². The topological polar surface area (TPSA) is 108 Å². The lowest BCUT2D eigenvalue weighted by molar-refractivity contribution is -0.116. The molecule has 9 heteroatoms. The zero-order valence-electron chi connectivity index (χ0n) is 14.5. The number of imidazole rings is 1. The predicted molar refractivity (Wildman–Crippen MR) is 95.3 cm³/mol. The second kappa shape index (κ2) is 6.43. The van der Waals surface area contributed by atoms with E-state index < -0.39 is 23.7 Å². The Kier molecular flexibility index (Phi) is 4.29. The van der Waals surface area contributed by atoms with Crippen LogP contribution in [0, 0.1) is 0 Å². The summed E-state index contributed by atoms with van der Waals surface area (Å²) in [5.74, 6) is -0.787. The average molecular weight is 355 g/mol. The maximum Gasteiger partial charge on any atom is 0.332 e. The number of ketones is 1. The van der Waals surface area contributed by atoms with Crippen molar-refractivity contribution >= 4 is 28.5 Å². The normalized spacial score (nSPS) is 10.9. The molecule has 0 fully saturated rings. The number of nitrogens with zero attached hydrogens (tertiary/aromatic N) is 4. The molecule has 1 aromatic carbocycles. The average Bonchev–Trinajstić information content (AvgIpc) is 2.99. The lowest BCUT2D eigenvalue weighted by Crippen LogP contribution is -2.42. The van der Waals surface area contributed by atoms with Crippen LogP contribution in [0.1, 0.15) is 17.3 Å². The molecule has 0 spiro atoms. The number of Topliss-reactive ketones (excluding diaryl/α,β-unsaturated/α-hetero) is 1. The zero-order valence-corrected chi connectivity index (χ0v) is 14.5. The minimum atomic E-state index is -0.642. The molecule has 134 valence electrons. The van der Waals surface area contributed by atoms with Crippen molar-refractivity contribution in [2.24, 2.45) is 14.1 Å². The van der Waals surface area contributed by atoms with Crippen molar-refractivity contribution in [2.45, 2.75) is 13.5 Å². The number of para-hydroxylation sites is 1. The van der Waals surface area contributed by atoms with Crippen LogP contribution in [0.25, 0.3) is 11.2 Å². The molecule has 1 N–H and O–H groups in total. The minimum absolute atomic E-state index is 0.203. The van der Waals surface area contributed by atoms with Gasteiger partial charge in [0.15, 0.2) is 16.9 Å². The number of carbonyl (C=O) groups is 2. The van der Waals surface area contributed by atoms with Crippen LogP contribution in [0.2, 0.25) is 0 Å². The van der Waals surface area contributed by atoms with Crippen molar-refractivity contribution in [3.05, 3.63) is 57.0 Å². The van der Waals surface area contributed by atoms with Crippen molar-refractivity contribution in [3.63, 3.8) is 0 Å². The Morgan fingerprint density at radius 1 is 1.15 bits per heavy atom. The first kappa shape index (κ1) is 17.3. The fraction of sp³-hybridized carbons (Fsp3) is 0.235. The molecule has 0 unspecified atom stereocenters. The lowest BCUT2D eigenvalue weighted by Gasteiger charge is -2.11. The van der Waals surface area contributed by atoms with Crippen LogP contribution >= 0.6 is 0 Å². The molecule has 26 heavy (non-hydrogen) atoms. The molecular weight excluding hydrogens is 338 g/mol. The van der Waals surface area contributed by atoms with Crippen molar-refractivity contribution in [2.75, 3.05) is 5.32 Å². The van der Waals surface area contributed by atoms with Crippen LogP contribution in [0.15, 0.2) is 40.2 Å². The Hall–Kier alpha value is -3.49. The van der Waals surface area contributed by atoms with Gasteiger partial charge in [-0.1, -0.05) is 12.1 Å². The largest absolute Gasteiger partial charge is 0.332 e. The number of rotatable bonds is 4. The van der Waals surface area contributed by atoms with E-state index in [2.05, 4.69) is 10.3 Å². The van der Waals surface area contributed by atoms with Gasteiger partial charge in [-0.05, 0) is 19.1 Å². The Bertz CT molecular complexity index is 1150. The summed E-state index contributed by atoms with van der Waals surface area (Å²) < 4.78 is 3.56. The van der Waals surface area contributed by atoms with Gasteiger partial charge in [0, 0.05) is 19.7 Å². The maximum atomic E-state index is 12.6. The highest BCUT2D eigenvalue weighted by atomic mass is 16.2. The highest BCUT2D eigenvalue weighted by Gasteiger charge is 2.17. The number of carbonyl (C=O) groups excluding carboxylic acids is 2. The van der Waals surface area contributed by atoms with E-state index in [1.54, 1.807) is 31.3 Å². The van der Waals surface area contributed by atoms with Gasteiger partial charge < -0.3 is 9.88 Å². The van der Waals surface area contributed by atoms with Gasteiger partial charge in [0.2, 0.25) is 5.91 Å². The van der Waals surface area contributed by atoms with Crippen molar-refractivity contribution in [1.82, 2.24) is 18.7 Å². The van der Waals surface area contributed by atoms with Crippen LogP contribution < -0.4 is 16.6 Å². The van der Waals surface area contributed by atoms with E-state index in [0.717, 1.165) is 4.57 Å². The lowest BCUT2D eigenvalue weighted by atomic mass is 10.1. The summed E-state index contributed by atoms with van der Waals surface area (Å²) in [6.07, 6.45) is 1.43. The molecular formula is C17H17N5O4. The molecule has 0 aliphatic heterocycles. The molecule has 3 rings (SSSR count). The number of benzene rings is 1. The third kappa shape index (κ3) is 2.83. The third-order valence-corrected chi connectivity index (χ3v) is 4.08. The Balaban J connectivity index is 1.99. The predicted octanol–water partition coefficient (Wildman–Crippen LogP) is 0.275. The molecule has 2 aromatic heterocycles. The molecule has 0 aliphatic rings. The molecule has 2 heterocycles. The molecule has 0 radical (unpaired) electrons. The first-order chi connectivity index (χ1) is 12.3. The fourth-order valence-corrected chi connectivity index (χ4v) is 2.77. The molecule has 9 nitrogen and oxygen atoms in total. The first-order valence-electron chi connectivity index (χ1n) is 7.82. The summed E-state index contributed by atoms with van der Waals surface area (Å²) in [7, 11) is 3.12. The molecule has 0 bridgehead atoms. The van der Waals surface area contributed by atoms with Gasteiger partial charge in [0.1, 0.15) is 6.54 Å². The highest BCUT2D eigenvalue weighted by Crippen LogP contribution is 2.15. The van der Waals surface area contributed by atoms with E-state index in [-0.39, 0.29) is 16.9 Å². The summed E-state index contributed by atoms with van der Waals surface area (Å²) in [6.45, 7) is 0.917. The highest BCUT2D eigenvalue weighted by molar-refractivity contribution is 6.03. The minimum Gasteiger partial charge on any atom is -0.328 e. The molecule has 0 aliphatic carbocycles. The second-order valence-electron chi connectivity index (χ2n) is 5.91. The monoisotopic (exact) mass is 355 g/mol. The number of amides is 1. The number of aryl methyl sites for hydroxylation is 2. The van der Waals surface area contributed by atoms with Crippen molar-refractivity contribution < 1.29 is 9.59 Å². The zero-order chi connectivity index (χ0) is 19.0. The SMILES string of the molecule is CC(=O)c1ccccc1NC(=O)Cn1c(=O)c2c(ncn2C)n(C)c1=O.